The number of hydrogen-bond acceptors (Lipinski definition) is 5. The molecular formula is C19H31N3O3S. The lowest BCUT2D eigenvalue weighted by atomic mass is 10.1. The summed E-state index contributed by atoms with van der Waals surface area (Å²) in [4.78, 5) is 7.23. The summed E-state index contributed by atoms with van der Waals surface area (Å²) in [5, 5.41) is 4.09. The Balaban J connectivity index is 2.26. The summed E-state index contributed by atoms with van der Waals surface area (Å²) in [7, 11) is 4.94. The Morgan fingerprint density at radius 1 is 1.19 bits per heavy atom. The number of thioether (sulfide) groups is 1. The lowest BCUT2D eigenvalue weighted by Crippen LogP contribution is -2.48. The van der Waals surface area contributed by atoms with E-state index < -0.39 is 0 Å². The average molecular weight is 382 g/mol. The Hall–Kier alpha value is -1.76. The van der Waals surface area contributed by atoms with E-state index in [2.05, 4.69) is 35.8 Å². The van der Waals surface area contributed by atoms with Gasteiger partial charge in [-0.05, 0) is 13.3 Å². The van der Waals surface area contributed by atoms with E-state index in [4.69, 9.17) is 19.2 Å². The fraction of sp³-hybridized carbons (Fsp3) is 0.632. The Bertz CT molecular complexity index is 585. The van der Waals surface area contributed by atoms with Crippen LogP contribution in [0, 0.1) is 0 Å². The topological polar surface area (TPSA) is 55.3 Å². The minimum atomic E-state index is 0.485. The van der Waals surface area contributed by atoms with Crippen LogP contribution in [0.3, 0.4) is 0 Å². The van der Waals surface area contributed by atoms with Crippen molar-refractivity contribution in [1.82, 2.24) is 10.2 Å². The molecule has 0 bridgehead atoms. The van der Waals surface area contributed by atoms with Crippen molar-refractivity contribution in [2.24, 2.45) is 4.99 Å². The van der Waals surface area contributed by atoms with Crippen LogP contribution in [0.2, 0.25) is 0 Å². The smallest absolute Gasteiger partial charge is 0.194 e. The summed E-state index contributed by atoms with van der Waals surface area (Å²) < 4.78 is 16.4. The predicted octanol–water partition coefficient (Wildman–Crippen LogP) is 3.01. The lowest BCUT2D eigenvalue weighted by molar-refractivity contribution is 0.368. The first-order chi connectivity index (χ1) is 12.7. The number of ether oxygens (including phenoxy) is 3. The molecule has 0 saturated carbocycles. The van der Waals surface area contributed by atoms with Crippen molar-refractivity contribution in [1.29, 1.82) is 0 Å². The minimum Gasteiger partial charge on any atom is -0.496 e. The van der Waals surface area contributed by atoms with Gasteiger partial charge in [-0.15, -0.1) is 0 Å². The molecule has 146 valence electrons. The number of benzene rings is 1. The molecule has 1 aliphatic rings. The van der Waals surface area contributed by atoms with E-state index in [1.807, 2.05) is 12.1 Å². The Morgan fingerprint density at radius 2 is 1.88 bits per heavy atom. The SMILES string of the molecule is CCNC(=NCc1c(OC)cc(OC)cc1OC)N1CCSC(CC)C1. The third kappa shape index (κ3) is 5.13. The summed E-state index contributed by atoms with van der Waals surface area (Å²) in [6, 6.07) is 3.73. The highest BCUT2D eigenvalue weighted by Gasteiger charge is 2.22. The maximum atomic E-state index is 5.54. The predicted molar refractivity (Wildman–Crippen MR) is 109 cm³/mol. The van der Waals surface area contributed by atoms with E-state index in [0.29, 0.717) is 17.5 Å². The molecule has 1 aliphatic heterocycles. The van der Waals surface area contributed by atoms with Gasteiger partial charge in [-0.25, -0.2) is 4.99 Å². The van der Waals surface area contributed by atoms with Crippen molar-refractivity contribution < 1.29 is 14.2 Å². The van der Waals surface area contributed by atoms with Gasteiger partial charge in [-0.2, -0.15) is 11.8 Å². The number of methoxy groups -OCH3 is 3. The zero-order valence-corrected chi connectivity index (χ0v) is 17.3. The molecule has 7 heteroatoms. The molecular weight excluding hydrogens is 350 g/mol. The first-order valence-electron chi connectivity index (χ1n) is 9.10. The monoisotopic (exact) mass is 381 g/mol. The van der Waals surface area contributed by atoms with Crippen molar-refractivity contribution in [3.05, 3.63) is 17.7 Å². The van der Waals surface area contributed by atoms with Gasteiger partial charge >= 0.3 is 0 Å². The molecule has 1 N–H and O–H groups in total. The van der Waals surface area contributed by atoms with Crippen LogP contribution in [0.5, 0.6) is 17.2 Å². The second-order valence-electron chi connectivity index (χ2n) is 6.03. The van der Waals surface area contributed by atoms with Gasteiger partial charge in [0.15, 0.2) is 5.96 Å². The van der Waals surface area contributed by atoms with Crippen LogP contribution in [-0.2, 0) is 6.54 Å². The zero-order chi connectivity index (χ0) is 18.9. The molecule has 1 atom stereocenters. The molecule has 0 aliphatic carbocycles. The fourth-order valence-electron chi connectivity index (χ4n) is 2.97. The fourth-order valence-corrected chi connectivity index (χ4v) is 4.15. The molecule has 1 saturated heterocycles. The molecule has 0 aromatic heterocycles. The van der Waals surface area contributed by atoms with E-state index in [9.17, 15) is 0 Å². The molecule has 0 spiro atoms. The first-order valence-corrected chi connectivity index (χ1v) is 10.1. The zero-order valence-electron chi connectivity index (χ0n) is 16.5. The van der Waals surface area contributed by atoms with E-state index in [1.54, 1.807) is 21.3 Å². The van der Waals surface area contributed by atoms with Crippen LogP contribution in [0.15, 0.2) is 17.1 Å². The van der Waals surface area contributed by atoms with Crippen LogP contribution >= 0.6 is 11.8 Å². The molecule has 0 amide bonds. The molecule has 0 radical (unpaired) electrons. The Kier molecular flexibility index (Phi) is 8.22. The van der Waals surface area contributed by atoms with Crippen molar-refractivity contribution in [3.8, 4) is 17.2 Å². The first kappa shape index (κ1) is 20.6. The van der Waals surface area contributed by atoms with Gasteiger partial charge in [-0.3, -0.25) is 0 Å². The summed E-state index contributed by atoms with van der Waals surface area (Å²) in [5.41, 5.74) is 0.921. The van der Waals surface area contributed by atoms with Crippen molar-refractivity contribution >= 4 is 17.7 Å². The molecule has 2 rings (SSSR count). The summed E-state index contributed by atoms with van der Waals surface area (Å²) in [6.45, 7) is 7.72. The van der Waals surface area contributed by atoms with Crippen molar-refractivity contribution in [3.63, 3.8) is 0 Å². The molecule has 26 heavy (non-hydrogen) atoms. The summed E-state index contributed by atoms with van der Waals surface area (Å²) in [5.74, 6) is 4.24. The standard InChI is InChI=1S/C19H31N3O3S/c1-6-15-13-22(8-9-26-15)19(20-7-2)21-12-16-17(24-4)10-14(23-3)11-18(16)25-5/h10-11,15H,6-9,12-13H2,1-5H3,(H,20,21). The van der Waals surface area contributed by atoms with Gasteiger partial charge in [0.1, 0.15) is 17.2 Å². The molecule has 1 aromatic rings. The van der Waals surface area contributed by atoms with Gasteiger partial charge in [0.2, 0.25) is 0 Å². The van der Waals surface area contributed by atoms with Crippen LogP contribution in [0.1, 0.15) is 25.8 Å². The molecule has 1 heterocycles. The highest BCUT2D eigenvalue weighted by Crippen LogP contribution is 2.34. The largest absolute Gasteiger partial charge is 0.496 e. The second-order valence-corrected chi connectivity index (χ2v) is 7.44. The van der Waals surface area contributed by atoms with E-state index in [-0.39, 0.29) is 0 Å². The van der Waals surface area contributed by atoms with E-state index in [0.717, 1.165) is 48.4 Å². The van der Waals surface area contributed by atoms with Gasteiger partial charge in [0, 0.05) is 42.8 Å². The number of guanidine groups is 1. The normalized spacial score (nSPS) is 17.8. The Labute approximate surface area is 161 Å². The summed E-state index contributed by atoms with van der Waals surface area (Å²) in [6.07, 6.45) is 1.18. The van der Waals surface area contributed by atoms with Crippen LogP contribution in [-0.4, -0.2) is 62.8 Å². The third-order valence-electron chi connectivity index (χ3n) is 4.43. The number of nitrogens with zero attached hydrogens (tertiary/aromatic N) is 2. The van der Waals surface area contributed by atoms with Crippen LogP contribution < -0.4 is 19.5 Å². The van der Waals surface area contributed by atoms with Crippen molar-refractivity contribution in [2.75, 3.05) is 46.7 Å². The molecule has 6 nitrogen and oxygen atoms in total. The highest BCUT2D eigenvalue weighted by molar-refractivity contribution is 8.00. The van der Waals surface area contributed by atoms with Gasteiger partial charge < -0.3 is 24.4 Å². The summed E-state index contributed by atoms with van der Waals surface area (Å²) >= 11 is 2.05. The molecule has 1 aromatic carbocycles. The molecule has 1 fully saturated rings. The maximum absolute atomic E-state index is 5.54. The van der Waals surface area contributed by atoms with Gasteiger partial charge in [0.05, 0.1) is 33.4 Å². The number of nitrogens with one attached hydrogen (secondary N) is 1. The number of rotatable bonds is 7. The van der Waals surface area contributed by atoms with Gasteiger partial charge in [-0.1, -0.05) is 6.92 Å². The average Bonchev–Trinajstić information content (AvgIpc) is 2.70. The Morgan fingerprint density at radius 3 is 2.42 bits per heavy atom. The maximum Gasteiger partial charge on any atom is 0.194 e. The minimum absolute atomic E-state index is 0.485. The van der Waals surface area contributed by atoms with E-state index >= 15 is 0 Å². The third-order valence-corrected chi connectivity index (χ3v) is 5.80. The lowest BCUT2D eigenvalue weighted by Gasteiger charge is -2.34. The second kappa shape index (κ2) is 10.4. The molecule has 1 unspecified atom stereocenters. The highest BCUT2D eigenvalue weighted by atomic mass is 32.2. The van der Waals surface area contributed by atoms with Crippen LogP contribution in [0.25, 0.3) is 0 Å². The van der Waals surface area contributed by atoms with Crippen molar-refractivity contribution in [2.45, 2.75) is 32.1 Å². The number of aliphatic imine (C=N–C) groups is 1. The van der Waals surface area contributed by atoms with Gasteiger partial charge in [0.25, 0.3) is 0 Å². The van der Waals surface area contributed by atoms with Crippen LogP contribution in [0.4, 0.5) is 0 Å². The van der Waals surface area contributed by atoms with E-state index in [1.165, 1.54) is 6.42 Å². The quantitative estimate of drug-likeness (QED) is 0.579. The number of hydrogen-bond donors (Lipinski definition) is 1.